The first kappa shape index (κ1) is 23.0. The number of rotatable bonds is 4. The minimum atomic E-state index is 0.709. The number of nitrogens with zero attached hydrogens (tertiary/aromatic N) is 4. The van der Waals surface area contributed by atoms with E-state index in [1.165, 1.54) is 30.5 Å². The average Bonchev–Trinajstić information content (AvgIpc) is 3.58. The number of benzene rings is 2. The highest BCUT2D eigenvalue weighted by atomic mass is 16.1. The van der Waals surface area contributed by atoms with Crippen LogP contribution >= 0.6 is 0 Å². The number of aromatic nitrogens is 4. The normalized spacial score (nSPS) is 17.0. The summed E-state index contributed by atoms with van der Waals surface area (Å²) in [6, 6.07) is 11.2. The fourth-order valence-electron chi connectivity index (χ4n) is 4.91. The number of amides is 1. The Morgan fingerprint density at radius 1 is 1.14 bits per heavy atom. The molecule has 1 saturated heterocycles. The predicted molar refractivity (Wildman–Crippen MR) is 139 cm³/mol. The van der Waals surface area contributed by atoms with Gasteiger partial charge in [-0.2, -0.15) is 5.10 Å². The van der Waals surface area contributed by atoms with Crippen molar-refractivity contribution in [3.63, 3.8) is 0 Å². The van der Waals surface area contributed by atoms with Gasteiger partial charge in [-0.15, -0.1) is 0 Å². The van der Waals surface area contributed by atoms with Crippen molar-refractivity contribution in [3.8, 4) is 11.1 Å². The first-order valence-corrected chi connectivity index (χ1v) is 12.2. The summed E-state index contributed by atoms with van der Waals surface area (Å²) in [5, 5.41) is 14.0. The molecule has 2 aromatic heterocycles. The zero-order chi connectivity index (χ0) is 24.2. The largest absolute Gasteiger partial charge is 0.351 e. The molecule has 0 bridgehead atoms. The van der Waals surface area contributed by atoms with E-state index in [1.807, 2.05) is 24.5 Å². The van der Waals surface area contributed by atoms with Gasteiger partial charge in [-0.25, -0.2) is 9.97 Å². The van der Waals surface area contributed by atoms with Crippen LogP contribution in [0.5, 0.6) is 0 Å². The maximum absolute atomic E-state index is 10.8. The summed E-state index contributed by atoms with van der Waals surface area (Å²) in [4.78, 5) is 22.3. The lowest BCUT2D eigenvalue weighted by Crippen LogP contribution is -2.31. The fraction of sp³-hybridized carbons (Fsp3) is 0.333. The average molecular weight is 470 g/mol. The van der Waals surface area contributed by atoms with Crippen LogP contribution < -0.4 is 15.5 Å². The van der Waals surface area contributed by atoms with E-state index in [9.17, 15) is 4.79 Å². The highest BCUT2D eigenvalue weighted by Gasteiger charge is 2.21. The third kappa shape index (κ3) is 5.02. The van der Waals surface area contributed by atoms with Gasteiger partial charge in [-0.05, 0) is 86.2 Å². The highest BCUT2D eigenvalue weighted by molar-refractivity contribution is 5.95. The molecule has 0 saturated carbocycles. The molecule has 1 atom stereocenters. The lowest BCUT2D eigenvalue weighted by molar-refractivity contribution is -0.105. The second-order valence-electron chi connectivity index (χ2n) is 9.29. The molecule has 0 aliphatic carbocycles. The van der Waals surface area contributed by atoms with Crippen molar-refractivity contribution >= 4 is 28.8 Å². The van der Waals surface area contributed by atoms with Crippen LogP contribution in [0.2, 0.25) is 0 Å². The Balaban J connectivity index is 0.000000371. The smallest absolute Gasteiger partial charge is 0.211 e. The molecule has 6 rings (SSSR count). The van der Waals surface area contributed by atoms with Gasteiger partial charge >= 0.3 is 0 Å². The number of aromatic amines is 1. The van der Waals surface area contributed by atoms with Gasteiger partial charge in [0.25, 0.3) is 0 Å². The van der Waals surface area contributed by atoms with E-state index in [0.717, 1.165) is 64.7 Å². The van der Waals surface area contributed by atoms with E-state index < -0.39 is 0 Å². The molecule has 180 valence electrons. The quantitative estimate of drug-likeness (QED) is 0.387. The number of hydrogen-bond acceptors (Lipinski definition) is 6. The summed E-state index contributed by atoms with van der Waals surface area (Å²) < 4.78 is 0. The van der Waals surface area contributed by atoms with Crippen molar-refractivity contribution in [1.82, 2.24) is 25.5 Å². The van der Waals surface area contributed by atoms with Crippen molar-refractivity contribution in [2.45, 2.75) is 45.7 Å². The summed E-state index contributed by atoms with van der Waals surface area (Å²) >= 11 is 0. The summed E-state index contributed by atoms with van der Waals surface area (Å²) in [6.45, 7) is 7.17. The molecule has 4 aromatic rings. The van der Waals surface area contributed by atoms with E-state index in [0.29, 0.717) is 6.41 Å². The number of carbonyl (C=O) groups is 1. The van der Waals surface area contributed by atoms with Gasteiger partial charge < -0.3 is 15.5 Å². The second-order valence-corrected chi connectivity index (χ2v) is 9.29. The maximum atomic E-state index is 10.8. The minimum absolute atomic E-state index is 0.709. The predicted octanol–water partition coefficient (Wildman–Crippen LogP) is 4.22. The molecule has 2 aliphatic heterocycles. The van der Waals surface area contributed by atoms with E-state index >= 15 is 0 Å². The van der Waals surface area contributed by atoms with Gasteiger partial charge in [0.15, 0.2) is 0 Å². The molecule has 3 N–H and O–H groups in total. The Bertz CT molecular complexity index is 1310. The summed E-state index contributed by atoms with van der Waals surface area (Å²) in [5.41, 5.74) is 7.53. The van der Waals surface area contributed by atoms with Crippen LogP contribution in [0.1, 0.15) is 36.5 Å². The summed E-state index contributed by atoms with van der Waals surface area (Å²) in [7, 11) is 0. The van der Waals surface area contributed by atoms with Crippen molar-refractivity contribution < 1.29 is 4.79 Å². The monoisotopic (exact) mass is 469 g/mol. The third-order valence-corrected chi connectivity index (χ3v) is 6.79. The zero-order valence-electron chi connectivity index (χ0n) is 20.2. The van der Waals surface area contributed by atoms with E-state index in [2.05, 4.69) is 67.7 Å². The number of fused-ring (bicyclic) bond motifs is 2. The van der Waals surface area contributed by atoms with Crippen molar-refractivity contribution in [2.75, 3.05) is 23.3 Å². The van der Waals surface area contributed by atoms with Crippen LogP contribution in [0.25, 0.3) is 22.0 Å². The molecule has 0 spiro atoms. The summed E-state index contributed by atoms with van der Waals surface area (Å²) in [6.07, 6.45) is 9.75. The standard InChI is InChI=1S/C22H20N6O.C5H11N/c1-14-6-16(18-9-26-27-10-18)8-20-21(14)23-12-24-22(20)28-5-4-15-2-3-19(25-13-29)7-17(15)11-28;1-5-3-2-4-6-5/h2-3,6-10,12-13H,4-5,11H2,1H3,(H,25,29)(H,26,27);5-6H,2-4H2,1H3/t;5-/m.0/s1. The van der Waals surface area contributed by atoms with Crippen LogP contribution in [0, 0.1) is 6.92 Å². The molecule has 4 heterocycles. The Morgan fingerprint density at radius 3 is 2.77 bits per heavy atom. The molecule has 8 heteroatoms. The number of nitrogens with one attached hydrogen (secondary N) is 3. The highest BCUT2D eigenvalue weighted by Crippen LogP contribution is 2.33. The first-order valence-electron chi connectivity index (χ1n) is 12.2. The van der Waals surface area contributed by atoms with Crippen LogP contribution in [-0.4, -0.2) is 45.7 Å². The maximum Gasteiger partial charge on any atom is 0.211 e. The van der Waals surface area contributed by atoms with Crippen LogP contribution in [0.3, 0.4) is 0 Å². The summed E-state index contributed by atoms with van der Waals surface area (Å²) in [5.74, 6) is 0.933. The van der Waals surface area contributed by atoms with Gasteiger partial charge in [0, 0.05) is 42.0 Å². The third-order valence-electron chi connectivity index (χ3n) is 6.79. The first-order chi connectivity index (χ1) is 17.1. The van der Waals surface area contributed by atoms with E-state index in [1.54, 1.807) is 6.33 Å². The number of aryl methyl sites for hydroxylation is 1. The molecule has 2 aromatic carbocycles. The Kier molecular flexibility index (Phi) is 6.72. The number of hydrogen-bond donors (Lipinski definition) is 3. The minimum Gasteiger partial charge on any atom is -0.351 e. The Hall–Kier alpha value is -3.78. The van der Waals surface area contributed by atoms with Gasteiger partial charge in [0.05, 0.1) is 11.7 Å². The molecule has 1 fully saturated rings. The van der Waals surface area contributed by atoms with Gasteiger partial charge in [0.1, 0.15) is 12.1 Å². The van der Waals surface area contributed by atoms with Crippen LogP contribution in [0.4, 0.5) is 11.5 Å². The van der Waals surface area contributed by atoms with Crippen LogP contribution in [0.15, 0.2) is 49.1 Å². The molecular formula is C27H31N7O. The SMILES string of the molecule is C[C@H]1CCCN1.Cc1cc(-c2cn[nH]c2)cc2c(N3CCc4ccc(NC=O)cc4C3)ncnc12. The molecular weight excluding hydrogens is 438 g/mol. The van der Waals surface area contributed by atoms with E-state index in [4.69, 9.17) is 0 Å². The lowest BCUT2D eigenvalue weighted by Gasteiger charge is -2.31. The Morgan fingerprint density at radius 2 is 2.06 bits per heavy atom. The number of H-pyrrole nitrogens is 1. The topological polar surface area (TPSA) is 98.8 Å². The Labute approximate surface area is 205 Å². The molecule has 2 aliphatic rings. The lowest BCUT2D eigenvalue weighted by atomic mass is 9.98. The zero-order valence-corrected chi connectivity index (χ0v) is 20.2. The van der Waals surface area contributed by atoms with E-state index in [-0.39, 0.29) is 0 Å². The van der Waals surface area contributed by atoms with Crippen molar-refractivity contribution in [2.24, 2.45) is 0 Å². The second kappa shape index (κ2) is 10.2. The number of carbonyl (C=O) groups excluding carboxylic acids is 1. The van der Waals surface area contributed by atoms with Crippen molar-refractivity contribution in [3.05, 3.63) is 65.7 Å². The molecule has 0 radical (unpaired) electrons. The van der Waals surface area contributed by atoms with Crippen LogP contribution in [-0.2, 0) is 17.8 Å². The van der Waals surface area contributed by atoms with Gasteiger partial charge in [-0.1, -0.05) is 6.07 Å². The molecule has 35 heavy (non-hydrogen) atoms. The van der Waals surface area contributed by atoms with Crippen molar-refractivity contribution in [1.29, 1.82) is 0 Å². The number of anilines is 2. The molecule has 0 unspecified atom stereocenters. The van der Waals surface area contributed by atoms with Gasteiger partial charge in [0.2, 0.25) is 6.41 Å². The molecule has 1 amide bonds. The van der Waals surface area contributed by atoms with Gasteiger partial charge in [-0.3, -0.25) is 9.89 Å². The molecule has 8 nitrogen and oxygen atoms in total. The fourth-order valence-corrected chi connectivity index (χ4v) is 4.91.